The number of rotatable bonds is 17. The Morgan fingerprint density at radius 2 is 1.41 bits per heavy atom. The van der Waals surface area contributed by atoms with E-state index in [9.17, 15) is 19.2 Å². The molecular formula is C38H38N4O9. The van der Waals surface area contributed by atoms with Gasteiger partial charge in [0.1, 0.15) is 30.8 Å². The van der Waals surface area contributed by atoms with E-state index in [1.165, 1.54) is 12.1 Å². The molecule has 2 aliphatic heterocycles. The van der Waals surface area contributed by atoms with Crippen LogP contribution in [0.4, 0.5) is 0 Å². The van der Waals surface area contributed by atoms with Crippen LogP contribution in [0.5, 0.6) is 11.5 Å². The molecule has 1 fully saturated rings. The van der Waals surface area contributed by atoms with Gasteiger partial charge < -0.3 is 23.7 Å². The summed E-state index contributed by atoms with van der Waals surface area (Å²) in [4.78, 5) is 59.3. The van der Waals surface area contributed by atoms with Crippen molar-refractivity contribution >= 4 is 46.7 Å². The van der Waals surface area contributed by atoms with Gasteiger partial charge in [-0.3, -0.25) is 34.4 Å². The van der Waals surface area contributed by atoms with Gasteiger partial charge in [0, 0.05) is 23.7 Å². The molecule has 1 atom stereocenters. The molecule has 0 spiro atoms. The summed E-state index contributed by atoms with van der Waals surface area (Å²) in [5.41, 5.74) is 4.16. The van der Waals surface area contributed by atoms with E-state index in [0.717, 1.165) is 38.5 Å². The second-order valence-electron chi connectivity index (χ2n) is 11.8. The number of hydrogen-bond acceptors (Lipinski definition) is 11. The zero-order valence-corrected chi connectivity index (χ0v) is 28.2. The van der Waals surface area contributed by atoms with E-state index in [4.69, 9.17) is 28.7 Å². The smallest absolute Gasteiger partial charge is 0.262 e. The van der Waals surface area contributed by atoms with Crippen LogP contribution in [0.15, 0.2) is 66.9 Å². The number of carbonyl (C=O) groups is 4. The van der Waals surface area contributed by atoms with Crippen LogP contribution in [-0.2, 0) is 23.8 Å². The van der Waals surface area contributed by atoms with Gasteiger partial charge in [0.05, 0.1) is 62.0 Å². The Balaban J connectivity index is 0.803. The fraction of sp³-hybridized carbons (Fsp3) is 0.316. The van der Waals surface area contributed by atoms with Crippen molar-refractivity contribution in [2.24, 2.45) is 0 Å². The van der Waals surface area contributed by atoms with Crippen LogP contribution >= 0.6 is 0 Å². The number of pyridine rings is 2. The molecule has 2 aromatic carbocycles. The Bertz CT molecular complexity index is 1950. The third-order valence-electron chi connectivity index (χ3n) is 8.20. The van der Waals surface area contributed by atoms with E-state index in [0.29, 0.717) is 52.0 Å². The molecule has 2 aromatic heterocycles. The van der Waals surface area contributed by atoms with Crippen LogP contribution < -0.4 is 14.8 Å². The topological polar surface area (TPSA) is 155 Å². The summed E-state index contributed by atoms with van der Waals surface area (Å²) in [7, 11) is 0. The molecule has 264 valence electrons. The molecule has 2 aliphatic rings. The molecule has 0 bridgehead atoms. The van der Waals surface area contributed by atoms with Gasteiger partial charge in [-0.25, -0.2) is 4.98 Å². The zero-order chi connectivity index (χ0) is 35.6. The first kappa shape index (κ1) is 35.3. The average molecular weight is 695 g/mol. The first-order valence-corrected chi connectivity index (χ1v) is 16.7. The maximum Gasteiger partial charge on any atom is 0.262 e. The predicted octanol–water partition coefficient (Wildman–Crippen LogP) is 4.02. The number of nitrogens with one attached hydrogen (secondary N) is 1. The maximum atomic E-state index is 12.9. The van der Waals surface area contributed by atoms with Crippen molar-refractivity contribution in [2.45, 2.75) is 25.8 Å². The number of ether oxygens (including phenoxy) is 5. The van der Waals surface area contributed by atoms with Crippen LogP contribution in [0.3, 0.4) is 0 Å². The largest absolute Gasteiger partial charge is 0.491 e. The quantitative estimate of drug-likeness (QED) is 0.126. The summed E-state index contributed by atoms with van der Waals surface area (Å²) in [6, 6.07) is 17.4. The van der Waals surface area contributed by atoms with Gasteiger partial charge in [0.2, 0.25) is 11.8 Å². The number of imide groups is 2. The fourth-order valence-corrected chi connectivity index (χ4v) is 5.67. The number of fused-ring (bicyclic) bond motifs is 2. The molecule has 1 N–H and O–H groups in total. The molecule has 1 saturated heterocycles. The third kappa shape index (κ3) is 9.19. The van der Waals surface area contributed by atoms with E-state index in [1.54, 1.807) is 12.3 Å². The average Bonchev–Trinajstić information content (AvgIpc) is 3.37. The highest BCUT2D eigenvalue weighted by atomic mass is 16.6. The number of carbonyl (C=O) groups excluding carboxylic acids is 4. The Hall–Kier alpha value is -5.50. The molecule has 4 heterocycles. The Morgan fingerprint density at radius 3 is 2.12 bits per heavy atom. The lowest BCUT2D eigenvalue weighted by molar-refractivity contribution is -0.136. The van der Waals surface area contributed by atoms with Gasteiger partial charge in [-0.15, -0.1) is 0 Å². The lowest BCUT2D eigenvalue weighted by Gasteiger charge is -2.27. The highest BCUT2D eigenvalue weighted by Gasteiger charge is 2.44. The lowest BCUT2D eigenvalue weighted by Crippen LogP contribution is -2.54. The second kappa shape index (κ2) is 16.9. The maximum absolute atomic E-state index is 12.9. The summed E-state index contributed by atoms with van der Waals surface area (Å²) < 4.78 is 28.2. The highest BCUT2D eigenvalue weighted by Crippen LogP contribution is 2.30. The van der Waals surface area contributed by atoms with Gasteiger partial charge in [-0.2, -0.15) is 0 Å². The van der Waals surface area contributed by atoms with Crippen molar-refractivity contribution in [1.29, 1.82) is 0 Å². The van der Waals surface area contributed by atoms with Crippen molar-refractivity contribution in [1.82, 2.24) is 20.2 Å². The standard InChI is InChI=1S/C38H38N4O9/c1-25-22-26(12-13-39-25)2-4-28-5-3-27-23-29(7-9-33(27)40-28)50-20-18-48-16-14-47-15-17-49-19-21-51-30-6-8-31-32(24-30)38(46)42(37(31)45)34-10-11-35(43)41-36(34)44/h2-9,12-13,22-24,34H,10-11,14-21H2,1H3,(H,41,43,44)/b4-2+. The van der Waals surface area contributed by atoms with Crippen LogP contribution in [0.25, 0.3) is 23.1 Å². The van der Waals surface area contributed by atoms with Crippen molar-refractivity contribution in [3.8, 4) is 11.5 Å². The van der Waals surface area contributed by atoms with Gasteiger partial charge in [-0.05, 0) is 79.6 Å². The monoisotopic (exact) mass is 694 g/mol. The summed E-state index contributed by atoms with van der Waals surface area (Å²) in [5.74, 6) is -1.07. The SMILES string of the molecule is Cc1cc(/C=C/c2ccc3cc(OCCOCCOCCOCCOc4ccc5c(c4)C(=O)N(C4CCC(=O)NC4=O)C5=O)ccc3n2)ccn1. The number of hydrogen-bond donors (Lipinski definition) is 1. The number of amides is 4. The molecular weight excluding hydrogens is 656 g/mol. The first-order valence-electron chi connectivity index (χ1n) is 16.7. The second-order valence-corrected chi connectivity index (χ2v) is 11.8. The van der Waals surface area contributed by atoms with Gasteiger partial charge in [0.25, 0.3) is 11.8 Å². The fourth-order valence-electron chi connectivity index (χ4n) is 5.67. The van der Waals surface area contributed by atoms with Crippen molar-refractivity contribution in [3.05, 3.63) is 94.9 Å². The van der Waals surface area contributed by atoms with E-state index < -0.39 is 29.7 Å². The molecule has 6 rings (SSSR count). The lowest BCUT2D eigenvalue weighted by atomic mass is 10.0. The van der Waals surface area contributed by atoms with Gasteiger partial charge in [0.15, 0.2) is 0 Å². The zero-order valence-electron chi connectivity index (χ0n) is 28.2. The van der Waals surface area contributed by atoms with Gasteiger partial charge in [-0.1, -0.05) is 12.1 Å². The normalized spacial score (nSPS) is 15.9. The van der Waals surface area contributed by atoms with Crippen LogP contribution in [0.1, 0.15) is 50.5 Å². The summed E-state index contributed by atoms with van der Waals surface area (Å²) in [6.07, 6.45) is 5.97. The predicted molar refractivity (Wildman–Crippen MR) is 186 cm³/mol. The molecule has 1 unspecified atom stereocenters. The van der Waals surface area contributed by atoms with E-state index in [2.05, 4.69) is 10.3 Å². The molecule has 51 heavy (non-hydrogen) atoms. The third-order valence-corrected chi connectivity index (χ3v) is 8.20. The van der Waals surface area contributed by atoms with Crippen molar-refractivity contribution in [3.63, 3.8) is 0 Å². The molecule has 0 saturated carbocycles. The van der Waals surface area contributed by atoms with Crippen molar-refractivity contribution in [2.75, 3.05) is 52.9 Å². The molecule has 0 aliphatic carbocycles. The minimum Gasteiger partial charge on any atom is -0.491 e. The molecule has 4 aromatic rings. The first-order chi connectivity index (χ1) is 24.9. The summed E-state index contributed by atoms with van der Waals surface area (Å²) in [5, 5.41) is 3.17. The van der Waals surface area contributed by atoms with Crippen molar-refractivity contribution < 1.29 is 42.9 Å². The highest BCUT2D eigenvalue weighted by molar-refractivity contribution is 6.23. The number of piperidine rings is 1. The molecule has 4 amide bonds. The van der Waals surface area contributed by atoms with E-state index in [-0.39, 0.29) is 30.6 Å². The van der Waals surface area contributed by atoms with Gasteiger partial charge >= 0.3 is 0 Å². The Kier molecular flexibility index (Phi) is 11.7. The number of benzene rings is 2. The number of nitrogens with zero attached hydrogens (tertiary/aromatic N) is 3. The Morgan fingerprint density at radius 1 is 0.745 bits per heavy atom. The summed E-state index contributed by atoms with van der Waals surface area (Å²) in [6.45, 7) is 4.89. The van der Waals surface area contributed by atoms with Crippen LogP contribution in [0.2, 0.25) is 0 Å². The molecule has 13 nitrogen and oxygen atoms in total. The minimum atomic E-state index is -1.01. The van der Waals surface area contributed by atoms with E-state index in [1.807, 2.05) is 61.5 Å². The molecule has 13 heteroatoms. The van der Waals surface area contributed by atoms with Crippen LogP contribution in [-0.4, -0.2) is 97.4 Å². The van der Waals surface area contributed by atoms with Crippen LogP contribution in [0, 0.1) is 6.92 Å². The number of aromatic nitrogens is 2. The molecule has 0 radical (unpaired) electrons. The number of aryl methyl sites for hydroxylation is 1. The Labute approximate surface area is 294 Å². The minimum absolute atomic E-state index is 0.0632. The summed E-state index contributed by atoms with van der Waals surface area (Å²) >= 11 is 0. The van der Waals surface area contributed by atoms with E-state index >= 15 is 0 Å².